The van der Waals surface area contributed by atoms with E-state index in [9.17, 15) is 4.79 Å². The normalized spacial score (nSPS) is 9.08. The smallest absolute Gasteiger partial charge is 0.235 e. The zero-order valence-corrected chi connectivity index (χ0v) is 7.84. The lowest BCUT2D eigenvalue weighted by Crippen LogP contribution is -1.91. The van der Waals surface area contributed by atoms with Gasteiger partial charge < -0.3 is 4.74 Å². The summed E-state index contributed by atoms with van der Waals surface area (Å²) in [5, 5.41) is 0.515. The van der Waals surface area contributed by atoms with Gasteiger partial charge in [-0.3, -0.25) is 0 Å². The number of para-hydroxylation sites is 1. The Labute approximate surface area is 81.0 Å². The van der Waals surface area contributed by atoms with E-state index in [1.54, 1.807) is 18.2 Å². The van der Waals surface area contributed by atoms with Gasteiger partial charge in [-0.1, -0.05) is 23.7 Å². The molecule has 0 saturated carbocycles. The summed E-state index contributed by atoms with van der Waals surface area (Å²) in [7, 11) is 1.52. The quantitative estimate of drug-likeness (QED) is 0.550. The van der Waals surface area contributed by atoms with E-state index in [2.05, 4.69) is 4.99 Å². The summed E-state index contributed by atoms with van der Waals surface area (Å²) < 4.78 is 5.05. The molecule has 0 aliphatic heterocycles. The first-order valence-electron chi connectivity index (χ1n) is 3.64. The largest absolute Gasteiger partial charge is 0.495 e. The Hall–Kier alpha value is -1.31. The fourth-order valence-corrected chi connectivity index (χ4v) is 1.30. The van der Waals surface area contributed by atoms with Crippen molar-refractivity contribution in [2.75, 3.05) is 7.11 Å². The van der Waals surface area contributed by atoms with Crippen molar-refractivity contribution in [3.05, 3.63) is 28.8 Å². The average Bonchev–Trinajstić information content (AvgIpc) is 2.15. The predicted molar refractivity (Wildman–Crippen MR) is 49.8 cm³/mol. The van der Waals surface area contributed by atoms with Crippen molar-refractivity contribution < 1.29 is 9.53 Å². The Balaban J connectivity index is 3.04. The van der Waals surface area contributed by atoms with Crippen LogP contribution in [0.15, 0.2) is 23.2 Å². The van der Waals surface area contributed by atoms with Gasteiger partial charge in [0.25, 0.3) is 0 Å². The lowest BCUT2D eigenvalue weighted by molar-refractivity contribution is 0.410. The summed E-state index contributed by atoms with van der Waals surface area (Å²) in [6.07, 6.45) is 1.46. The number of carbonyl (C=O) groups excluding carboxylic acids is 1. The maximum Gasteiger partial charge on any atom is 0.235 e. The molecule has 0 aliphatic rings. The average molecular weight is 198 g/mol. The molecule has 0 radical (unpaired) electrons. The van der Waals surface area contributed by atoms with Gasteiger partial charge in [0.05, 0.1) is 18.7 Å². The van der Waals surface area contributed by atoms with Gasteiger partial charge in [0.2, 0.25) is 6.08 Å². The van der Waals surface area contributed by atoms with E-state index in [-0.39, 0.29) is 6.54 Å². The molecule has 68 valence electrons. The number of hydrogen-bond acceptors (Lipinski definition) is 3. The van der Waals surface area contributed by atoms with Crippen LogP contribution in [0.3, 0.4) is 0 Å². The Kier molecular flexibility index (Phi) is 3.50. The van der Waals surface area contributed by atoms with Crippen molar-refractivity contribution in [3.63, 3.8) is 0 Å². The van der Waals surface area contributed by atoms with Crippen LogP contribution < -0.4 is 4.74 Å². The topological polar surface area (TPSA) is 38.7 Å². The second-order valence-corrected chi connectivity index (χ2v) is 2.75. The Morgan fingerprint density at radius 3 is 3.00 bits per heavy atom. The van der Waals surface area contributed by atoms with Gasteiger partial charge in [0.1, 0.15) is 5.75 Å². The van der Waals surface area contributed by atoms with E-state index < -0.39 is 0 Å². The fourth-order valence-electron chi connectivity index (χ4n) is 1.02. The van der Waals surface area contributed by atoms with E-state index >= 15 is 0 Å². The molecule has 0 N–H and O–H groups in total. The highest BCUT2D eigenvalue weighted by molar-refractivity contribution is 6.32. The third-order valence-electron chi connectivity index (χ3n) is 1.57. The Morgan fingerprint density at radius 2 is 2.38 bits per heavy atom. The summed E-state index contributed by atoms with van der Waals surface area (Å²) in [6, 6.07) is 5.29. The maximum atomic E-state index is 9.90. The van der Waals surface area contributed by atoms with E-state index in [1.807, 2.05) is 0 Å². The van der Waals surface area contributed by atoms with Gasteiger partial charge >= 0.3 is 0 Å². The molecule has 0 saturated heterocycles. The predicted octanol–water partition coefficient (Wildman–Crippen LogP) is 2.18. The van der Waals surface area contributed by atoms with Gasteiger partial charge in [-0.05, 0) is 6.07 Å². The molecule has 0 amide bonds. The summed E-state index contributed by atoms with van der Waals surface area (Å²) in [5.74, 6) is 0.558. The summed E-state index contributed by atoms with van der Waals surface area (Å²) >= 11 is 5.84. The zero-order chi connectivity index (χ0) is 9.68. The van der Waals surface area contributed by atoms with Crippen molar-refractivity contribution in [3.8, 4) is 5.75 Å². The molecule has 1 aromatic carbocycles. The van der Waals surface area contributed by atoms with Crippen molar-refractivity contribution in [2.24, 2.45) is 4.99 Å². The SMILES string of the molecule is COc1c(Cl)cccc1CN=C=O. The molecule has 0 bridgehead atoms. The first-order chi connectivity index (χ1) is 6.29. The van der Waals surface area contributed by atoms with Crippen LogP contribution >= 0.6 is 11.6 Å². The van der Waals surface area contributed by atoms with E-state index in [0.717, 1.165) is 5.56 Å². The standard InChI is InChI=1S/C9H8ClNO2/c1-13-9-7(5-11-6-12)3-2-4-8(9)10/h2-4H,5H2,1H3. The number of aliphatic imine (C=N–C) groups is 1. The Morgan fingerprint density at radius 1 is 1.62 bits per heavy atom. The molecule has 0 aromatic heterocycles. The molecule has 0 aliphatic carbocycles. The molecule has 0 atom stereocenters. The van der Waals surface area contributed by atoms with Gasteiger partial charge in [0.15, 0.2) is 0 Å². The molecule has 13 heavy (non-hydrogen) atoms. The number of ether oxygens (including phenoxy) is 1. The fraction of sp³-hybridized carbons (Fsp3) is 0.222. The van der Waals surface area contributed by atoms with E-state index in [0.29, 0.717) is 10.8 Å². The van der Waals surface area contributed by atoms with Crippen molar-refractivity contribution in [1.29, 1.82) is 0 Å². The van der Waals surface area contributed by atoms with Crippen LogP contribution in [0, 0.1) is 0 Å². The van der Waals surface area contributed by atoms with Gasteiger partial charge in [-0.25, -0.2) is 9.79 Å². The molecule has 4 heteroatoms. The number of nitrogens with zero attached hydrogens (tertiary/aromatic N) is 1. The monoisotopic (exact) mass is 197 g/mol. The third-order valence-corrected chi connectivity index (χ3v) is 1.86. The van der Waals surface area contributed by atoms with Crippen LogP contribution in [0.4, 0.5) is 0 Å². The molecule has 1 aromatic rings. The highest BCUT2D eigenvalue weighted by Crippen LogP contribution is 2.28. The van der Waals surface area contributed by atoms with Crippen LogP contribution in [-0.4, -0.2) is 13.2 Å². The van der Waals surface area contributed by atoms with Crippen molar-refractivity contribution in [1.82, 2.24) is 0 Å². The number of isocyanates is 1. The van der Waals surface area contributed by atoms with Crippen molar-refractivity contribution >= 4 is 17.7 Å². The molecular weight excluding hydrogens is 190 g/mol. The number of benzene rings is 1. The molecule has 0 spiro atoms. The molecule has 1 rings (SSSR count). The van der Waals surface area contributed by atoms with Crippen LogP contribution in [0.1, 0.15) is 5.56 Å². The van der Waals surface area contributed by atoms with Crippen LogP contribution in [0.5, 0.6) is 5.75 Å². The molecule has 0 fully saturated rings. The first-order valence-corrected chi connectivity index (χ1v) is 4.02. The van der Waals surface area contributed by atoms with Crippen LogP contribution in [0.2, 0.25) is 5.02 Å². The number of hydrogen-bond donors (Lipinski definition) is 0. The minimum atomic E-state index is 0.243. The highest BCUT2D eigenvalue weighted by atomic mass is 35.5. The van der Waals surface area contributed by atoms with Crippen molar-refractivity contribution in [2.45, 2.75) is 6.54 Å². The lowest BCUT2D eigenvalue weighted by atomic mass is 10.2. The minimum Gasteiger partial charge on any atom is -0.495 e. The van der Waals surface area contributed by atoms with E-state index in [4.69, 9.17) is 16.3 Å². The number of halogens is 1. The highest BCUT2D eigenvalue weighted by Gasteiger charge is 2.05. The lowest BCUT2D eigenvalue weighted by Gasteiger charge is -2.06. The van der Waals surface area contributed by atoms with Gasteiger partial charge in [-0.15, -0.1) is 0 Å². The molecule has 3 nitrogen and oxygen atoms in total. The van der Waals surface area contributed by atoms with Crippen LogP contribution in [0.25, 0.3) is 0 Å². The van der Waals surface area contributed by atoms with E-state index in [1.165, 1.54) is 13.2 Å². The summed E-state index contributed by atoms with van der Waals surface area (Å²) in [5.41, 5.74) is 0.776. The number of methoxy groups -OCH3 is 1. The second kappa shape index (κ2) is 4.65. The molecular formula is C9H8ClNO2. The molecule has 0 unspecified atom stereocenters. The summed E-state index contributed by atoms with van der Waals surface area (Å²) in [4.78, 5) is 13.3. The van der Waals surface area contributed by atoms with Crippen LogP contribution in [-0.2, 0) is 11.3 Å². The molecule has 0 heterocycles. The van der Waals surface area contributed by atoms with Gasteiger partial charge in [0, 0.05) is 5.56 Å². The number of rotatable bonds is 3. The van der Waals surface area contributed by atoms with Gasteiger partial charge in [-0.2, -0.15) is 0 Å². The Bertz CT molecular complexity index is 345. The summed E-state index contributed by atoms with van der Waals surface area (Å²) in [6.45, 7) is 0.243. The second-order valence-electron chi connectivity index (χ2n) is 2.34. The minimum absolute atomic E-state index is 0.243. The third kappa shape index (κ3) is 2.31. The maximum absolute atomic E-state index is 9.90. The first kappa shape index (κ1) is 9.78. The zero-order valence-electron chi connectivity index (χ0n) is 7.08.